The van der Waals surface area contributed by atoms with Gasteiger partial charge < -0.3 is 5.32 Å². The molecule has 0 heterocycles. The van der Waals surface area contributed by atoms with Crippen LogP contribution in [0.4, 0.5) is 0 Å². The van der Waals surface area contributed by atoms with Gasteiger partial charge in [0.1, 0.15) is 0 Å². The number of hydrogen-bond acceptors (Lipinski definition) is 1. The van der Waals surface area contributed by atoms with E-state index >= 15 is 0 Å². The summed E-state index contributed by atoms with van der Waals surface area (Å²) in [5, 5.41) is 3.26. The standard InChI is InChI=1S/C18H25N/c1-19-13-7-8-15-14-18(11-5-2-6-12-18)17-10-4-3-9-16(15)17/h3-4,9-10,14,19H,2,5-8,11-13H2,1H3. The van der Waals surface area contributed by atoms with Gasteiger partial charge in [0.2, 0.25) is 0 Å². The fourth-order valence-corrected chi connectivity index (χ4v) is 3.95. The molecule has 0 unspecified atom stereocenters. The Bertz CT molecular complexity index is 466. The maximum atomic E-state index is 3.26. The first-order valence-corrected chi connectivity index (χ1v) is 7.82. The van der Waals surface area contributed by atoms with Crippen LogP contribution in [0.25, 0.3) is 5.57 Å². The lowest BCUT2D eigenvalue weighted by atomic mass is 9.71. The highest BCUT2D eigenvalue weighted by Crippen LogP contribution is 2.50. The van der Waals surface area contributed by atoms with Crippen molar-refractivity contribution < 1.29 is 0 Å². The lowest BCUT2D eigenvalue weighted by Crippen LogP contribution is -2.24. The Hall–Kier alpha value is -1.08. The van der Waals surface area contributed by atoms with Crippen molar-refractivity contribution in [1.29, 1.82) is 0 Å². The molecule has 19 heavy (non-hydrogen) atoms. The third-order valence-electron chi connectivity index (χ3n) is 4.88. The van der Waals surface area contributed by atoms with E-state index in [4.69, 9.17) is 0 Å². The molecule has 2 aliphatic rings. The van der Waals surface area contributed by atoms with Crippen LogP contribution in [0, 0.1) is 0 Å². The lowest BCUT2D eigenvalue weighted by molar-refractivity contribution is 0.361. The van der Waals surface area contributed by atoms with Crippen molar-refractivity contribution in [3.05, 3.63) is 41.5 Å². The predicted molar refractivity (Wildman–Crippen MR) is 82.3 cm³/mol. The van der Waals surface area contributed by atoms with Crippen molar-refractivity contribution in [2.75, 3.05) is 13.6 Å². The van der Waals surface area contributed by atoms with Crippen LogP contribution < -0.4 is 5.32 Å². The summed E-state index contributed by atoms with van der Waals surface area (Å²) in [4.78, 5) is 0. The molecule has 0 radical (unpaired) electrons. The number of fused-ring (bicyclic) bond motifs is 2. The normalized spacial score (nSPS) is 20.4. The highest BCUT2D eigenvalue weighted by atomic mass is 14.8. The van der Waals surface area contributed by atoms with E-state index in [9.17, 15) is 0 Å². The maximum Gasteiger partial charge on any atom is 0.0144 e. The molecule has 1 N–H and O–H groups in total. The molecule has 102 valence electrons. The molecule has 1 heteroatoms. The van der Waals surface area contributed by atoms with Gasteiger partial charge in [0, 0.05) is 5.41 Å². The summed E-state index contributed by atoms with van der Waals surface area (Å²) in [6.07, 6.45) is 12.0. The second-order valence-corrected chi connectivity index (χ2v) is 6.14. The molecule has 1 fully saturated rings. The van der Waals surface area contributed by atoms with Crippen molar-refractivity contribution in [3.8, 4) is 0 Å². The Morgan fingerprint density at radius 1 is 1.11 bits per heavy atom. The van der Waals surface area contributed by atoms with Crippen LogP contribution in [-0.2, 0) is 5.41 Å². The Labute approximate surface area is 117 Å². The molecule has 0 aromatic heterocycles. The van der Waals surface area contributed by atoms with Crippen molar-refractivity contribution >= 4 is 5.57 Å². The molecule has 0 aliphatic heterocycles. The lowest BCUT2D eigenvalue weighted by Gasteiger charge is -2.33. The van der Waals surface area contributed by atoms with Crippen molar-refractivity contribution in [2.24, 2.45) is 0 Å². The van der Waals surface area contributed by atoms with Gasteiger partial charge in [0.05, 0.1) is 0 Å². The number of hydrogen-bond donors (Lipinski definition) is 1. The van der Waals surface area contributed by atoms with Gasteiger partial charge in [-0.1, -0.05) is 49.6 Å². The van der Waals surface area contributed by atoms with E-state index in [2.05, 4.69) is 35.7 Å². The summed E-state index contributed by atoms with van der Waals surface area (Å²) in [6, 6.07) is 9.14. The average Bonchev–Trinajstić information content (AvgIpc) is 2.75. The van der Waals surface area contributed by atoms with Gasteiger partial charge in [-0.05, 0) is 56.0 Å². The number of allylic oxidation sites excluding steroid dienone is 2. The second kappa shape index (κ2) is 5.50. The Morgan fingerprint density at radius 3 is 2.68 bits per heavy atom. The summed E-state index contributed by atoms with van der Waals surface area (Å²) in [5.74, 6) is 0. The molecule has 0 saturated heterocycles. The molecule has 0 atom stereocenters. The first-order chi connectivity index (χ1) is 9.36. The van der Waals surface area contributed by atoms with Crippen LogP contribution in [0.2, 0.25) is 0 Å². The van der Waals surface area contributed by atoms with E-state index in [1.807, 2.05) is 7.05 Å². The van der Waals surface area contributed by atoms with Crippen LogP contribution in [0.1, 0.15) is 56.1 Å². The Balaban J connectivity index is 1.89. The van der Waals surface area contributed by atoms with Gasteiger partial charge in [0.15, 0.2) is 0 Å². The molecule has 0 bridgehead atoms. The van der Waals surface area contributed by atoms with Crippen molar-refractivity contribution in [2.45, 2.75) is 50.4 Å². The van der Waals surface area contributed by atoms with E-state index in [1.54, 1.807) is 16.7 Å². The minimum atomic E-state index is 0.393. The minimum absolute atomic E-state index is 0.393. The second-order valence-electron chi connectivity index (χ2n) is 6.14. The van der Waals surface area contributed by atoms with E-state index in [-0.39, 0.29) is 0 Å². The maximum absolute atomic E-state index is 3.26. The van der Waals surface area contributed by atoms with Gasteiger partial charge >= 0.3 is 0 Å². The van der Waals surface area contributed by atoms with Crippen LogP contribution >= 0.6 is 0 Å². The zero-order chi connectivity index (χ0) is 13.1. The zero-order valence-corrected chi connectivity index (χ0v) is 12.0. The van der Waals surface area contributed by atoms with Gasteiger partial charge in [-0.3, -0.25) is 0 Å². The average molecular weight is 255 g/mol. The number of rotatable bonds is 4. The highest BCUT2D eigenvalue weighted by molar-refractivity contribution is 5.76. The molecule has 0 amide bonds. The molecular formula is C18H25N. The highest BCUT2D eigenvalue weighted by Gasteiger charge is 2.38. The summed E-state index contributed by atoms with van der Waals surface area (Å²) in [7, 11) is 2.04. The summed E-state index contributed by atoms with van der Waals surface area (Å²) < 4.78 is 0. The molecule has 1 aromatic rings. The number of nitrogens with one attached hydrogen (secondary N) is 1. The quantitative estimate of drug-likeness (QED) is 0.792. The molecule has 2 aliphatic carbocycles. The van der Waals surface area contributed by atoms with E-state index in [0.717, 1.165) is 6.54 Å². The third-order valence-corrected chi connectivity index (χ3v) is 4.88. The summed E-state index contributed by atoms with van der Waals surface area (Å²) >= 11 is 0. The molecule has 3 rings (SSSR count). The van der Waals surface area contributed by atoms with Crippen LogP contribution in [0.15, 0.2) is 30.3 Å². The van der Waals surface area contributed by atoms with Gasteiger partial charge in [-0.15, -0.1) is 0 Å². The Kier molecular flexibility index (Phi) is 3.74. The molecule has 1 nitrogen and oxygen atoms in total. The molecule has 1 spiro atoms. The first-order valence-electron chi connectivity index (χ1n) is 7.82. The van der Waals surface area contributed by atoms with Gasteiger partial charge in [-0.2, -0.15) is 0 Å². The molecular weight excluding hydrogens is 230 g/mol. The summed E-state index contributed by atoms with van der Waals surface area (Å²) in [6.45, 7) is 1.12. The predicted octanol–water partition coefficient (Wildman–Crippen LogP) is 4.29. The van der Waals surface area contributed by atoms with Crippen LogP contribution in [-0.4, -0.2) is 13.6 Å². The van der Waals surface area contributed by atoms with Crippen LogP contribution in [0.5, 0.6) is 0 Å². The van der Waals surface area contributed by atoms with Gasteiger partial charge in [-0.25, -0.2) is 0 Å². The number of benzene rings is 1. The van der Waals surface area contributed by atoms with Gasteiger partial charge in [0.25, 0.3) is 0 Å². The summed E-state index contributed by atoms with van der Waals surface area (Å²) in [5.41, 5.74) is 5.16. The molecule has 1 saturated carbocycles. The van der Waals surface area contributed by atoms with E-state index in [0.29, 0.717) is 5.41 Å². The Morgan fingerprint density at radius 2 is 1.89 bits per heavy atom. The first kappa shape index (κ1) is 12.9. The van der Waals surface area contributed by atoms with Crippen molar-refractivity contribution in [3.63, 3.8) is 0 Å². The topological polar surface area (TPSA) is 12.0 Å². The fraction of sp³-hybridized carbons (Fsp3) is 0.556. The van der Waals surface area contributed by atoms with E-state index in [1.165, 1.54) is 44.9 Å². The zero-order valence-electron chi connectivity index (χ0n) is 12.0. The van der Waals surface area contributed by atoms with Crippen molar-refractivity contribution in [1.82, 2.24) is 5.32 Å². The SMILES string of the molecule is CNCCCC1=CC2(CCCCC2)c2ccccc21. The largest absolute Gasteiger partial charge is 0.320 e. The van der Waals surface area contributed by atoms with E-state index < -0.39 is 0 Å². The van der Waals surface area contributed by atoms with Crippen LogP contribution in [0.3, 0.4) is 0 Å². The third kappa shape index (κ3) is 2.36. The fourth-order valence-electron chi connectivity index (χ4n) is 3.95. The minimum Gasteiger partial charge on any atom is -0.320 e. The monoisotopic (exact) mass is 255 g/mol. The molecule has 1 aromatic carbocycles. The smallest absolute Gasteiger partial charge is 0.0144 e.